The summed E-state index contributed by atoms with van der Waals surface area (Å²) in [7, 11) is 1.81. The second-order valence-electron chi connectivity index (χ2n) is 5.27. The molecule has 2 amide bonds. The summed E-state index contributed by atoms with van der Waals surface area (Å²) < 4.78 is 0. The average molecular weight is 240 g/mol. The van der Waals surface area contributed by atoms with E-state index >= 15 is 0 Å². The van der Waals surface area contributed by atoms with Gasteiger partial charge in [-0.3, -0.25) is 4.79 Å². The minimum Gasteiger partial charge on any atom is -0.481 e. The number of carboxylic acids is 1. The first kappa shape index (κ1) is 12.2. The third-order valence-corrected chi connectivity index (χ3v) is 3.87. The average Bonchev–Trinajstić information content (AvgIpc) is 2.98. The maximum absolute atomic E-state index is 12.1. The number of carbonyl (C=O) groups is 2. The lowest BCUT2D eigenvalue weighted by Crippen LogP contribution is -2.45. The number of nitrogens with zero attached hydrogens (tertiary/aromatic N) is 2. The predicted octanol–water partition coefficient (Wildman–Crippen LogP) is 1.24. The van der Waals surface area contributed by atoms with E-state index in [0.717, 1.165) is 6.54 Å². The van der Waals surface area contributed by atoms with Gasteiger partial charge in [0.1, 0.15) is 0 Å². The molecule has 1 saturated heterocycles. The molecule has 5 nitrogen and oxygen atoms in total. The minimum atomic E-state index is -0.794. The molecule has 0 radical (unpaired) electrons. The molecule has 1 saturated carbocycles. The molecule has 2 aliphatic rings. The highest BCUT2D eigenvalue weighted by Crippen LogP contribution is 2.30. The molecule has 1 aliphatic carbocycles. The van der Waals surface area contributed by atoms with E-state index in [-0.39, 0.29) is 12.1 Å². The molecular formula is C12H20N2O3. The smallest absolute Gasteiger partial charge is 0.320 e. The van der Waals surface area contributed by atoms with Crippen molar-refractivity contribution in [3.8, 4) is 0 Å². The molecule has 17 heavy (non-hydrogen) atoms. The van der Waals surface area contributed by atoms with Gasteiger partial charge in [-0.1, -0.05) is 0 Å². The van der Waals surface area contributed by atoms with Gasteiger partial charge in [-0.25, -0.2) is 4.79 Å². The van der Waals surface area contributed by atoms with Gasteiger partial charge in [0, 0.05) is 26.2 Å². The highest BCUT2D eigenvalue weighted by molar-refractivity contribution is 5.78. The fourth-order valence-corrected chi connectivity index (χ4v) is 2.52. The first-order chi connectivity index (χ1) is 8.00. The Morgan fingerprint density at radius 3 is 2.47 bits per heavy atom. The third-order valence-electron chi connectivity index (χ3n) is 3.87. The van der Waals surface area contributed by atoms with Crippen LogP contribution in [0.1, 0.15) is 26.2 Å². The van der Waals surface area contributed by atoms with Crippen molar-refractivity contribution < 1.29 is 14.7 Å². The number of hydrogen-bond donors (Lipinski definition) is 1. The molecule has 2 fully saturated rings. The number of amides is 2. The van der Waals surface area contributed by atoms with Crippen molar-refractivity contribution in [2.75, 3.05) is 20.1 Å². The lowest BCUT2D eigenvalue weighted by atomic mass is 10.0. The lowest BCUT2D eigenvalue weighted by Gasteiger charge is -2.28. The summed E-state index contributed by atoms with van der Waals surface area (Å²) in [5, 5.41) is 9.03. The van der Waals surface area contributed by atoms with E-state index in [4.69, 9.17) is 5.11 Å². The number of hydrogen-bond acceptors (Lipinski definition) is 2. The summed E-state index contributed by atoms with van der Waals surface area (Å²) in [6.07, 6.45) is 3.00. The largest absolute Gasteiger partial charge is 0.481 e. The van der Waals surface area contributed by atoms with Crippen molar-refractivity contribution in [3.05, 3.63) is 0 Å². The number of urea groups is 1. The van der Waals surface area contributed by atoms with Crippen molar-refractivity contribution >= 4 is 12.0 Å². The van der Waals surface area contributed by atoms with Crippen molar-refractivity contribution in [1.29, 1.82) is 0 Å². The van der Waals surface area contributed by atoms with Crippen LogP contribution in [0.25, 0.3) is 0 Å². The van der Waals surface area contributed by atoms with Crippen LogP contribution in [0.5, 0.6) is 0 Å². The van der Waals surface area contributed by atoms with Gasteiger partial charge < -0.3 is 14.9 Å². The van der Waals surface area contributed by atoms with Crippen LogP contribution in [0.2, 0.25) is 0 Å². The van der Waals surface area contributed by atoms with Gasteiger partial charge in [0.15, 0.2) is 0 Å². The zero-order valence-electron chi connectivity index (χ0n) is 10.4. The topological polar surface area (TPSA) is 60.9 Å². The van der Waals surface area contributed by atoms with Crippen LogP contribution in [0.15, 0.2) is 0 Å². The first-order valence-corrected chi connectivity index (χ1v) is 6.25. The molecule has 0 aromatic heterocycles. The van der Waals surface area contributed by atoms with Crippen LogP contribution >= 0.6 is 0 Å². The maximum atomic E-state index is 12.1. The van der Waals surface area contributed by atoms with Crippen molar-refractivity contribution in [3.63, 3.8) is 0 Å². The molecule has 1 N–H and O–H groups in total. The molecule has 2 unspecified atom stereocenters. The van der Waals surface area contributed by atoms with Gasteiger partial charge >= 0.3 is 12.0 Å². The van der Waals surface area contributed by atoms with Crippen LogP contribution < -0.4 is 0 Å². The molecule has 1 aliphatic heterocycles. The molecule has 0 spiro atoms. The van der Waals surface area contributed by atoms with Gasteiger partial charge in [-0.05, 0) is 32.1 Å². The summed E-state index contributed by atoms with van der Waals surface area (Å²) in [5.41, 5.74) is 0. The second kappa shape index (κ2) is 4.55. The van der Waals surface area contributed by atoms with E-state index < -0.39 is 11.9 Å². The zero-order chi connectivity index (χ0) is 12.6. The fourth-order valence-electron chi connectivity index (χ4n) is 2.52. The summed E-state index contributed by atoms with van der Waals surface area (Å²) in [4.78, 5) is 26.6. The number of aliphatic carboxylic acids is 1. The second-order valence-corrected chi connectivity index (χ2v) is 5.27. The Hall–Kier alpha value is -1.26. The molecule has 0 aromatic carbocycles. The zero-order valence-corrected chi connectivity index (χ0v) is 10.4. The van der Waals surface area contributed by atoms with Gasteiger partial charge in [-0.2, -0.15) is 0 Å². The number of likely N-dealkylation sites (tertiary alicyclic amines) is 1. The number of rotatable bonds is 3. The molecule has 0 aromatic rings. The van der Waals surface area contributed by atoms with Crippen molar-refractivity contribution in [1.82, 2.24) is 9.80 Å². The third kappa shape index (κ3) is 2.53. The molecule has 2 atom stereocenters. The number of carbonyl (C=O) groups excluding carboxylic acids is 1. The van der Waals surface area contributed by atoms with Crippen LogP contribution in [0.3, 0.4) is 0 Å². The molecule has 1 heterocycles. The standard InChI is InChI=1S/C12H20N2O3/c1-8-10(11(15)16)5-6-14(8)12(17)13(2)7-9-3-4-9/h8-10H,3-7H2,1-2H3,(H,15,16). The fraction of sp³-hybridized carbons (Fsp3) is 0.833. The van der Waals surface area contributed by atoms with E-state index in [2.05, 4.69) is 0 Å². The Balaban J connectivity index is 1.93. The Morgan fingerprint density at radius 1 is 1.35 bits per heavy atom. The van der Waals surface area contributed by atoms with Gasteiger partial charge in [0.2, 0.25) is 0 Å². The van der Waals surface area contributed by atoms with E-state index in [1.807, 2.05) is 14.0 Å². The van der Waals surface area contributed by atoms with Gasteiger partial charge in [0.05, 0.1) is 5.92 Å². The van der Waals surface area contributed by atoms with E-state index in [9.17, 15) is 9.59 Å². The maximum Gasteiger partial charge on any atom is 0.320 e. The lowest BCUT2D eigenvalue weighted by molar-refractivity contribution is -0.142. The Bertz CT molecular complexity index is 328. The van der Waals surface area contributed by atoms with Crippen LogP contribution in [-0.2, 0) is 4.79 Å². The van der Waals surface area contributed by atoms with Gasteiger partial charge in [0.25, 0.3) is 0 Å². The number of carboxylic acid groups (broad SMARTS) is 1. The molecular weight excluding hydrogens is 220 g/mol. The van der Waals surface area contributed by atoms with Crippen LogP contribution in [0, 0.1) is 11.8 Å². The van der Waals surface area contributed by atoms with Crippen LogP contribution in [-0.4, -0.2) is 53.1 Å². The quantitative estimate of drug-likeness (QED) is 0.807. The van der Waals surface area contributed by atoms with Crippen molar-refractivity contribution in [2.24, 2.45) is 11.8 Å². The summed E-state index contributed by atoms with van der Waals surface area (Å²) in [6.45, 7) is 3.19. The summed E-state index contributed by atoms with van der Waals surface area (Å²) in [5.74, 6) is -0.539. The summed E-state index contributed by atoms with van der Waals surface area (Å²) >= 11 is 0. The molecule has 2 rings (SSSR count). The predicted molar refractivity (Wildman–Crippen MR) is 62.7 cm³/mol. The SMILES string of the molecule is CC1C(C(=O)O)CCN1C(=O)N(C)CC1CC1. The molecule has 0 bridgehead atoms. The summed E-state index contributed by atoms with van der Waals surface area (Å²) in [6, 6.07) is -0.213. The van der Waals surface area contributed by atoms with E-state index in [0.29, 0.717) is 18.9 Å². The van der Waals surface area contributed by atoms with Gasteiger partial charge in [-0.15, -0.1) is 0 Å². The highest BCUT2D eigenvalue weighted by atomic mass is 16.4. The molecule has 96 valence electrons. The normalized spacial score (nSPS) is 28.2. The van der Waals surface area contributed by atoms with E-state index in [1.54, 1.807) is 9.80 Å². The minimum absolute atomic E-state index is 0.0202. The van der Waals surface area contributed by atoms with E-state index in [1.165, 1.54) is 12.8 Å². The Labute approximate surface area is 101 Å². The molecule has 5 heteroatoms. The van der Waals surface area contributed by atoms with Crippen LogP contribution in [0.4, 0.5) is 4.79 Å². The first-order valence-electron chi connectivity index (χ1n) is 6.25. The van der Waals surface area contributed by atoms with Crippen molar-refractivity contribution in [2.45, 2.75) is 32.2 Å². The Kier molecular flexibility index (Phi) is 3.26. The Morgan fingerprint density at radius 2 is 2.00 bits per heavy atom. The highest BCUT2D eigenvalue weighted by Gasteiger charge is 2.39. The monoisotopic (exact) mass is 240 g/mol.